The Morgan fingerprint density at radius 3 is 2.48 bits per heavy atom. The standard InChI is InChI=1S/C16H12FNO2S/c17-15-6-3-12(7-13(15)9-18)10-21-14-4-1-11(2-5-14)8-16(19)20/h1-7H,8,10H2,(H,19,20). The number of carbonyl (C=O) groups is 1. The summed E-state index contributed by atoms with van der Waals surface area (Å²) in [5.74, 6) is -0.747. The van der Waals surface area contributed by atoms with E-state index in [1.807, 2.05) is 18.2 Å². The molecule has 0 radical (unpaired) electrons. The van der Waals surface area contributed by atoms with E-state index >= 15 is 0 Å². The first-order valence-corrected chi connectivity index (χ1v) is 7.19. The molecule has 2 rings (SSSR count). The van der Waals surface area contributed by atoms with E-state index < -0.39 is 11.8 Å². The van der Waals surface area contributed by atoms with Crippen molar-refractivity contribution in [2.75, 3.05) is 0 Å². The molecule has 0 aromatic heterocycles. The Morgan fingerprint density at radius 2 is 1.86 bits per heavy atom. The zero-order valence-corrected chi connectivity index (χ0v) is 11.9. The van der Waals surface area contributed by atoms with Crippen LogP contribution in [-0.2, 0) is 17.0 Å². The van der Waals surface area contributed by atoms with Crippen molar-refractivity contribution in [1.29, 1.82) is 5.26 Å². The quantitative estimate of drug-likeness (QED) is 0.857. The van der Waals surface area contributed by atoms with E-state index in [9.17, 15) is 9.18 Å². The van der Waals surface area contributed by atoms with Gasteiger partial charge in [0.25, 0.3) is 0 Å². The predicted octanol–water partition coefficient (Wildman–Crippen LogP) is 3.62. The van der Waals surface area contributed by atoms with Crippen LogP contribution in [0.2, 0.25) is 0 Å². The van der Waals surface area contributed by atoms with Crippen LogP contribution in [0.5, 0.6) is 0 Å². The summed E-state index contributed by atoms with van der Waals surface area (Å²) in [5, 5.41) is 17.5. The zero-order valence-electron chi connectivity index (χ0n) is 11.0. The molecule has 2 aromatic carbocycles. The molecule has 1 N–H and O–H groups in total. The molecule has 2 aromatic rings. The number of nitrogens with zero attached hydrogens (tertiary/aromatic N) is 1. The number of hydrogen-bond donors (Lipinski definition) is 1. The molecule has 106 valence electrons. The van der Waals surface area contributed by atoms with Gasteiger partial charge in [-0.25, -0.2) is 4.39 Å². The average Bonchev–Trinajstić information content (AvgIpc) is 2.47. The van der Waals surface area contributed by atoms with Crippen LogP contribution >= 0.6 is 11.8 Å². The highest BCUT2D eigenvalue weighted by molar-refractivity contribution is 7.98. The van der Waals surface area contributed by atoms with Crippen molar-refractivity contribution < 1.29 is 14.3 Å². The number of rotatable bonds is 5. The lowest BCUT2D eigenvalue weighted by molar-refractivity contribution is -0.136. The lowest BCUT2D eigenvalue weighted by atomic mass is 10.1. The maximum Gasteiger partial charge on any atom is 0.307 e. The van der Waals surface area contributed by atoms with Gasteiger partial charge in [0.1, 0.15) is 11.9 Å². The summed E-state index contributed by atoms with van der Waals surface area (Å²) in [4.78, 5) is 11.6. The smallest absolute Gasteiger partial charge is 0.307 e. The topological polar surface area (TPSA) is 61.1 Å². The molecule has 21 heavy (non-hydrogen) atoms. The average molecular weight is 301 g/mol. The molecule has 0 amide bonds. The maximum atomic E-state index is 13.2. The molecule has 0 aliphatic carbocycles. The molecule has 5 heteroatoms. The highest BCUT2D eigenvalue weighted by Crippen LogP contribution is 2.24. The fraction of sp³-hybridized carbons (Fsp3) is 0.125. The predicted molar refractivity (Wildman–Crippen MR) is 78.5 cm³/mol. The number of halogens is 1. The number of benzene rings is 2. The van der Waals surface area contributed by atoms with E-state index in [1.54, 1.807) is 36.0 Å². The summed E-state index contributed by atoms with van der Waals surface area (Å²) in [6, 6.07) is 13.6. The SMILES string of the molecule is N#Cc1cc(CSc2ccc(CC(=O)O)cc2)ccc1F. The van der Waals surface area contributed by atoms with Crippen LogP contribution in [-0.4, -0.2) is 11.1 Å². The minimum absolute atomic E-state index is 0.00837. The van der Waals surface area contributed by atoms with Gasteiger partial charge < -0.3 is 5.11 Å². The molecule has 0 aliphatic rings. The minimum Gasteiger partial charge on any atom is -0.481 e. The van der Waals surface area contributed by atoms with Crippen molar-refractivity contribution in [1.82, 2.24) is 0 Å². The molecule has 0 fully saturated rings. The third-order valence-electron chi connectivity index (χ3n) is 2.84. The second kappa shape index (κ2) is 6.91. The van der Waals surface area contributed by atoms with Gasteiger partial charge in [0.2, 0.25) is 0 Å². The van der Waals surface area contributed by atoms with Crippen LogP contribution in [0.4, 0.5) is 4.39 Å². The van der Waals surface area contributed by atoms with E-state index in [1.165, 1.54) is 6.07 Å². The largest absolute Gasteiger partial charge is 0.481 e. The van der Waals surface area contributed by atoms with Gasteiger partial charge in [-0.15, -0.1) is 11.8 Å². The minimum atomic E-state index is -0.856. The first-order valence-electron chi connectivity index (χ1n) is 6.20. The molecule has 3 nitrogen and oxygen atoms in total. The number of carboxylic acids is 1. The van der Waals surface area contributed by atoms with E-state index in [0.717, 1.165) is 16.0 Å². The van der Waals surface area contributed by atoms with Crippen LogP contribution in [0.3, 0.4) is 0 Å². The van der Waals surface area contributed by atoms with Gasteiger partial charge in [-0.3, -0.25) is 4.79 Å². The number of aliphatic carboxylic acids is 1. The summed E-state index contributed by atoms with van der Waals surface area (Å²) >= 11 is 1.55. The number of carboxylic acid groups (broad SMARTS) is 1. The molecular formula is C16H12FNO2S. The van der Waals surface area contributed by atoms with Gasteiger partial charge >= 0.3 is 5.97 Å². The number of thioether (sulfide) groups is 1. The Labute approximate surface area is 126 Å². The first kappa shape index (κ1) is 15.1. The van der Waals surface area contributed by atoms with Gasteiger partial charge in [0, 0.05) is 10.6 Å². The molecule has 0 atom stereocenters. The van der Waals surface area contributed by atoms with Gasteiger partial charge in [-0.05, 0) is 35.4 Å². The number of hydrogen-bond acceptors (Lipinski definition) is 3. The van der Waals surface area contributed by atoms with Crippen molar-refractivity contribution in [3.05, 3.63) is 65.0 Å². The summed E-state index contributed by atoms with van der Waals surface area (Å²) in [6.45, 7) is 0. The zero-order chi connectivity index (χ0) is 15.2. The second-order valence-electron chi connectivity index (χ2n) is 4.43. The molecule has 0 bridgehead atoms. The Bertz CT molecular complexity index is 692. The monoisotopic (exact) mass is 301 g/mol. The molecule has 0 aliphatic heterocycles. The highest BCUT2D eigenvalue weighted by atomic mass is 32.2. The van der Waals surface area contributed by atoms with Crippen molar-refractivity contribution in [3.63, 3.8) is 0 Å². The summed E-state index contributed by atoms with van der Waals surface area (Å²) in [7, 11) is 0. The molecule has 0 unspecified atom stereocenters. The van der Waals surface area contributed by atoms with Crippen LogP contribution < -0.4 is 0 Å². The van der Waals surface area contributed by atoms with Gasteiger partial charge in [0.15, 0.2) is 0 Å². The third-order valence-corrected chi connectivity index (χ3v) is 3.92. The fourth-order valence-corrected chi connectivity index (χ4v) is 2.63. The molecule has 0 saturated carbocycles. The molecule has 0 heterocycles. The first-order chi connectivity index (χ1) is 10.1. The van der Waals surface area contributed by atoms with Crippen molar-refractivity contribution in [2.24, 2.45) is 0 Å². The summed E-state index contributed by atoms with van der Waals surface area (Å²) in [5.41, 5.74) is 1.66. The van der Waals surface area contributed by atoms with Gasteiger partial charge in [-0.1, -0.05) is 18.2 Å². The Kier molecular flexibility index (Phi) is 4.96. The Morgan fingerprint density at radius 1 is 1.19 bits per heavy atom. The normalized spacial score (nSPS) is 10.1. The highest BCUT2D eigenvalue weighted by Gasteiger charge is 2.04. The Balaban J connectivity index is 2.00. The summed E-state index contributed by atoms with van der Waals surface area (Å²) < 4.78 is 13.2. The van der Waals surface area contributed by atoms with E-state index in [-0.39, 0.29) is 12.0 Å². The fourth-order valence-electron chi connectivity index (χ4n) is 1.79. The van der Waals surface area contributed by atoms with Crippen molar-refractivity contribution >= 4 is 17.7 Å². The van der Waals surface area contributed by atoms with E-state index in [0.29, 0.717) is 5.75 Å². The lowest BCUT2D eigenvalue weighted by Crippen LogP contribution is -1.99. The number of nitriles is 1. The maximum absolute atomic E-state index is 13.2. The van der Waals surface area contributed by atoms with E-state index in [2.05, 4.69) is 0 Å². The van der Waals surface area contributed by atoms with Crippen molar-refractivity contribution in [2.45, 2.75) is 17.1 Å². The molecule has 0 spiro atoms. The van der Waals surface area contributed by atoms with Gasteiger partial charge in [0.05, 0.1) is 12.0 Å². The van der Waals surface area contributed by atoms with Crippen LogP contribution in [0.1, 0.15) is 16.7 Å². The van der Waals surface area contributed by atoms with Crippen LogP contribution in [0, 0.1) is 17.1 Å². The third kappa shape index (κ3) is 4.33. The lowest BCUT2D eigenvalue weighted by Gasteiger charge is -2.04. The molecular weight excluding hydrogens is 289 g/mol. The summed E-state index contributed by atoms with van der Waals surface area (Å²) in [6.07, 6.45) is 0.00837. The second-order valence-corrected chi connectivity index (χ2v) is 5.48. The van der Waals surface area contributed by atoms with Gasteiger partial charge in [-0.2, -0.15) is 5.26 Å². The Hall–Kier alpha value is -2.32. The molecule has 0 saturated heterocycles. The van der Waals surface area contributed by atoms with Crippen LogP contribution in [0.15, 0.2) is 47.4 Å². The van der Waals surface area contributed by atoms with Crippen LogP contribution in [0.25, 0.3) is 0 Å². The van der Waals surface area contributed by atoms with Crippen molar-refractivity contribution in [3.8, 4) is 6.07 Å². The van der Waals surface area contributed by atoms with E-state index in [4.69, 9.17) is 10.4 Å².